The first-order valence-corrected chi connectivity index (χ1v) is 13.6. The number of carbonyl (C=O) groups is 1. The molecule has 0 aromatic heterocycles. The molecule has 4 rings (SSSR count). The van der Waals surface area contributed by atoms with Crippen molar-refractivity contribution in [1.29, 1.82) is 0 Å². The normalized spacial score (nSPS) is 15.5. The van der Waals surface area contributed by atoms with E-state index in [0.717, 1.165) is 40.8 Å². The van der Waals surface area contributed by atoms with Crippen LogP contribution in [0.4, 0.5) is 0 Å². The monoisotopic (exact) mass is 528 g/mol. The molecule has 0 amide bonds. The van der Waals surface area contributed by atoms with Gasteiger partial charge < -0.3 is 18.9 Å². The summed E-state index contributed by atoms with van der Waals surface area (Å²) in [6.07, 6.45) is 5.42. The number of hydrogen-bond donors (Lipinski definition) is 0. The predicted molar refractivity (Wildman–Crippen MR) is 156 cm³/mol. The largest absolute Gasteiger partial charge is 0.488 e. The number of esters is 1. The van der Waals surface area contributed by atoms with Crippen LogP contribution in [0.1, 0.15) is 69.7 Å². The molecule has 0 fully saturated rings. The van der Waals surface area contributed by atoms with Gasteiger partial charge in [0.05, 0.1) is 6.61 Å². The second kappa shape index (κ2) is 12.1. The van der Waals surface area contributed by atoms with E-state index in [9.17, 15) is 4.79 Å². The summed E-state index contributed by atoms with van der Waals surface area (Å²) in [5, 5.41) is 0. The lowest BCUT2D eigenvalue weighted by molar-refractivity contribution is -0.137. The Morgan fingerprint density at radius 3 is 2.18 bits per heavy atom. The van der Waals surface area contributed by atoms with Crippen LogP contribution in [0.3, 0.4) is 0 Å². The van der Waals surface area contributed by atoms with Crippen molar-refractivity contribution < 1.29 is 23.7 Å². The number of ether oxygens (including phenoxy) is 4. The fraction of sp³-hybridized carbons (Fsp3) is 0.382. The maximum absolute atomic E-state index is 12.0. The van der Waals surface area contributed by atoms with Gasteiger partial charge in [-0.05, 0) is 83.2 Å². The van der Waals surface area contributed by atoms with Crippen molar-refractivity contribution in [3.05, 3.63) is 89.0 Å². The predicted octanol–water partition coefficient (Wildman–Crippen LogP) is 7.84. The van der Waals surface area contributed by atoms with Crippen LogP contribution in [0, 0.1) is 0 Å². The van der Waals surface area contributed by atoms with Crippen molar-refractivity contribution in [2.24, 2.45) is 0 Å². The number of carbonyl (C=O) groups excluding carboxylic acids is 1. The lowest BCUT2D eigenvalue weighted by Gasteiger charge is -2.42. The van der Waals surface area contributed by atoms with E-state index in [2.05, 4.69) is 52.0 Å². The summed E-state index contributed by atoms with van der Waals surface area (Å²) >= 11 is 0. The molecule has 0 unspecified atom stereocenters. The van der Waals surface area contributed by atoms with Gasteiger partial charge in [-0.3, -0.25) is 0 Å². The Morgan fingerprint density at radius 1 is 0.846 bits per heavy atom. The molecule has 5 heteroatoms. The highest BCUT2D eigenvalue weighted by Gasteiger charge is 2.38. The number of benzene rings is 3. The summed E-state index contributed by atoms with van der Waals surface area (Å²) in [4.78, 5) is 12.0. The third kappa shape index (κ3) is 6.72. The molecule has 3 aromatic carbocycles. The molecule has 206 valence electrons. The fourth-order valence-electron chi connectivity index (χ4n) is 5.12. The van der Waals surface area contributed by atoms with Crippen molar-refractivity contribution in [2.45, 2.75) is 64.9 Å². The summed E-state index contributed by atoms with van der Waals surface area (Å²) in [5.41, 5.74) is 6.49. The average Bonchev–Trinajstić information content (AvgIpc) is 2.93. The van der Waals surface area contributed by atoms with E-state index >= 15 is 0 Å². The molecule has 3 aromatic rings. The van der Waals surface area contributed by atoms with Gasteiger partial charge in [0.15, 0.2) is 6.79 Å². The maximum Gasteiger partial charge on any atom is 0.330 e. The van der Waals surface area contributed by atoms with Gasteiger partial charge in [0.1, 0.15) is 18.1 Å². The first-order valence-electron chi connectivity index (χ1n) is 13.6. The number of methoxy groups -OCH3 is 1. The highest BCUT2D eigenvalue weighted by molar-refractivity contribution is 5.88. The Bertz CT molecular complexity index is 1320. The van der Waals surface area contributed by atoms with Crippen LogP contribution in [-0.2, 0) is 31.7 Å². The minimum absolute atomic E-state index is 0.0204. The summed E-state index contributed by atoms with van der Waals surface area (Å²) in [5.74, 6) is 1.11. The second-order valence-electron chi connectivity index (χ2n) is 11.3. The molecule has 39 heavy (non-hydrogen) atoms. The van der Waals surface area contributed by atoms with Gasteiger partial charge in [0.25, 0.3) is 0 Å². The maximum atomic E-state index is 12.0. The van der Waals surface area contributed by atoms with Crippen LogP contribution >= 0.6 is 0 Å². The van der Waals surface area contributed by atoms with Crippen LogP contribution in [0.5, 0.6) is 11.5 Å². The molecule has 0 atom stereocenters. The van der Waals surface area contributed by atoms with E-state index in [0.29, 0.717) is 19.0 Å². The molecule has 0 spiro atoms. The highest BCUT2D eigenvalue weighted by Crippen LogP contribution is 2.50. The molecule has 0 radical (unpaired) electrons. The molecule has 0 saturated carbocycles. The minimum atomic E-state index is -0.372. The summed E-state index contributed by atoms with van der Waals surface area (Å²) in [6.45, 7) is 12.0. The van der Waals surface area contributed by atoms with Crippen LogP contribution in [0.15, 0.2) is 66.7 Å². The minimum Gasteiger partial charge on any atom is -0.488 e. The summed E-state index contributed by atoms with van der Waals surface area (Å²) in [6, 6.07) is 20.6. The molecular formula is C34H40O5. The molecule has 1 aliphatic rings. The fourth-order valence-corrected chi connectivity index (χ4v) is 5.12. The molecule has 0 heterocycles. The lowest BCUT2D eigenvalue weighted by atomic mass is 9.62. The molecule has 0 aliphatic heterocycles. The van der Waals surface area contributed by atoms with Crippen molar-refractivity contribution in [3.8, 4) is 22.6 Å². The number of fused-ring (bicyclic) bond motifs is 1. The first-order chi connectivity index (χ1) is 18.6. The Kier molecular flexibility index (Phi) is 8.81. The molecular weight excluding hydrogens is 488 g/mol. The SMILES string of the molecule is CCOC(=O)/C=C/c1ccc(OCOC)c(-c2cc3c(cc2OCc2ccccc2)C(C)(C)CCC3(C)C)c1. The van der Waals surface area contributed by atoms with E-state index in [1.54, 1.807) is 20.1 Å². The Morgan fingerprint density at radius 2 is 1.51 bits per heavy atom. The van der Waals surface area contributed by atoms with Crippen LogP contribution in [-0.4, -0.2) is 26.5 Å². The van der Waals surface area contributed by atoms with Crippen LogP contribution in [0.25, 0.3) is 17.2 Å². The van der Waals surface area contributed by atoms with Crippen molar-refractivity contribution in [1.82, 2.24) is 0 Å². The van der Waals surface area contributed by atoms with E-state index in [1.165, 1.54) is 17.2 Å². The molecule has 1 aliphatic carbocycles. The first kappa shape index (κ1) is 28.4. The Labute approximate surface area is 232 Å². The number of rotatable bonds is 10. The third-order valence-corrected chi connectivity index (χ3v) is 7.51. The second-order valence-corrected chi connectivity index (χ2v) is 11.3. The van der Waals surface area contributed by atoms with Gasteiger partial charge in [-0.25, -0.2) is 4.79 Å². The van der Waals surface area contributed by atoms with E-state index in [1.807, 2.05) is 36.4 Å². The van der Waals surface area contributed by atoms with Gasteiger partial charge in [-0.15, -0.1) is 0 Å². The van der Waals surface area contributed by atoms with E-state index in [4.69, 9.17) is 18.9 Å². The third-order valence-electron chi connectivity index (χ3n) is 7.51. The highest BCUT2D eigenvalue weighted by atomic mass is 16.7. The Balaban J connectivity index is 1.88. The Hall–Kier alpha value is -3.57. The average molecular weight is 529 g/mol. The van der Waals surface area contributed by atoms with Crippen molar-refractivity contribution in [2.75, 3.05) is 20.5 Å². The van der Waals surface area contributed by atoms with Crippen LogP contribution < -0.4 is 9.47 Å². The summed E-state index contributed by atoms with van der Waals surface area (Å²) in [7, 11) is 1.61. The standard InChI is InChI=1S/C34H40O5/c1-7-37-32(35)16-14-24-13-15-30(39-23-36-6)26(19-24)27-20-28-29(34(4,5)18-17-33(28,2)3)21-31(27)38-22-25-11-9-8-10-12-25/h8-16,19-21H,7,17-18,22-23H2,1-6H3/b16-14+. The van der Waals surface area contributed by atoms with E-state index < -0.39 is 0 Å². The summed E-state index contributed by atoms with van der Waals surface area (Å²) < 4.78 is 22.9. The molecule has 0 N–H and O–H groups in total. The van der Waals surface area contributed by atoms with E-state index in [-0.39, 0.29) is 23.6 Å². The van der Waals surface area contributed by atoms with Gasteiger partial charge in [-0.2, -0.15) is 0 Å². The molecule has 5 nitrogen and oxygen atoms in total. The molecule has 0 saturated heterocycles. The van der Waals surface area contributed by atoms with Crippen molar-refractivity contribution >= 4 is 12.0 Å². The zero-order valence-corrected chi connectivity index (χ0v) is 24.0. The number of hydrogen-bond acceptors (Lipinski definition) is 5. The smallest absolute Gasteiger partial charge is 0.330 e. The molecule has 0 bridgehead atoms. The quantitative estimate of drug-likeness (QED) is 0.152. The zero-order chi connectivity index (χ0) is 28.0. The van der Waals surface area contributed by atoms with Gasteiger partial charge in [0.2, 0.25) is 0 Å². The lowest BCUT2D eigenvalue weighted by Crippen LogP contribution is -2.34. The topological polar surface area (TPSA) is 54.0 Å². The van der Waals surface area contributed by atoms with Gasteiger partial charge >= 0.3 is 5.97 Å². The zero-order valence-electron chi connectivity index (χ0n) is 24.0. The van der Waals surface area contributed by atoms with Crippen molar-refractivity contribution in [3.63, 3.8) is 0 Å². The van der Waals surface area contributed by atoms with Gasteiger partial charge in [0, 0.05) is 24.3 Å². The van der Waals surface area contributed by atoms with Crippen LogP contribution in [0.2, 0.25) is 0 Å². The van der Waals surface area contributed by atoms with Gasteiger partial charge in [-0.1, -0.05) is 64.1 Å².